The van der Waals surface area contributed by atoms with Gasteiger partial charge in [0.1, 0.15) is 5.82 Å². The summed E-state index contributed by atoms with van der Waals surface area (Å²) in [6.07, 6.45) is 6.01. The summed E-state index contributed by atoms with van der Waals surface area (Å²) in [6.45, 7) is 3.62. The van der Waals surface area contributed by atoms with Gasteiger partial charge in [-0.2, -0.15) is 0 Å². The molecule has 0 bridgehead atoms. The fraction of sp³-hybridized carbons (Fsp3) is 0.650. The lowest BCUT2D eigenvalue weighted by atomic mass is 9.87. The van der Waals surface area contributed by atoms with Crippen molar-refractivity contribution in [2.75, 3.05) is 38.0 Å². The normalized spacial score (nSPS) is 20.6. The molecule has 3 N–H and O–H groups in total. The van der Waals surface area contributed by atoms with E-state index in [9.17, 15) is 9.59 Å². The lowest BCUT2D eigenvalue weighted by molar-refractivity contribution is -0.136. The summed E-state index contributed by atoms with van der Waals surface area (Å²) in [4.78, 5) is 30.1. The van der Waals surface area contributed by atoms with E-state index in [4.69, 9.17) is 17.9 Å². The molecule has 2 atom stereocenters. The first-order valence-corrected chi connectivity index (χ1v) is 10.2. The summed E-state index contributed by atoms with van der Waals surface area (Å²) in [5.41, 5.74) is 2.42. The lowest BCUT2D eigenvalue weighted by Gasteiger charge is -2.32. The Hall–Kier alpha value is -2.09. The number of aliphatic carboxylic acids is 1. The average Bonchev–Trinajstić information content (AvgIpc) is 2.71. The fourth-order valence-electron chi connectivity index (χ4n) is 3.91. The van der Waals surface area contributed by atoms with Gasteiger partial charge in [0.15, 0.2) is 0 Å². The molecule has 1 saturated heterocycles. The Morgan fingerprint density at radius 3 is 3.07 bits per heavy atom. The van der Waals surface area contributed by atoms with Gasteiger partial charge in [0.2, 0.25) is 5.91 Å². The molecule has 150 valence electrons. The van der Waals surface area contributed by atoms with Crippen LogP contribution in [0.2, 0.25) is 5.82 Å². The second-order valence-electron chi connectivity index (χ2n) is 7.77. The number of nitrogens with one attached hydrogen (secondary N) is 2. The van der Waals surface area contributed by atoms with Crippen LogP contribution in [-0.4, -0.2) is 67.4 Å². The minimum atomic E-state index is -1.10. The minimum absolute atomic E-state index is 0.0251. The Bertz CT molecular complexity index is 700. The summed E-state index contributed by atoms with van der Waals surface area (Å²) >= 11 is 0. The first kappa shape index (κ1) is 20.6. The number of pyridine rings is 1. The number of piperidine rings is 1. The predicted molar refractivity (Wildman–Crippen MR) is 109 cm³/mol. The molecule has 8 heteroatoms. The third-order valence-electron chi connectivity index (χ3n) is 5.55. The quantitative estimate of drug-likeness (QED) is 0.584. The molecule has 2 aliphatic rings. The molecule has 0 saturated carbocycles. The molecule has 2 unspecified atom stereocenters. The van der Waals surface area contributed by atoms with Crippen LogP contribution in [0.25, 0.3) is 0 Å². The number of hydrogen-bond donors (Lipinski definition) is 3. The summed E-state index contributed by atoms with van der Waals surface area (Å²) in [6, 6.07) is 4.32. The van der Waals surface area contributed by atoms with E-state index in [-0.39, 0.29) is 18.4 Å². The van der Waals surface area contributed by atoms with E-state index in [0.717, 1.165) is 63.3 Å². The number of hydrogen-bond acceptors (Lipinski definition) is 5. The highest BCUT2D eigenvalue weighted by Gasteiger charge is 2.26. The third kappa shape index (κ3) is 5.71. The van der Waals surface area contributed by atoms with Gasteiger partial charge in [0.25, 0.3) is 5.97 Å². The maximum absolute atomic E-state index is 12.3. The number of aryl methyl sites for hydroxylation is 2. The van der Waals surface area contributed by atoms with Gasteiger partial charge in [0.05, 0.1) is 13.8 Å². The molecule has 0 spiro atoms. The highest BCUT2D eigenvalue weighted by atomic mass is 16.4. The SMILES string of the molecule is [B]C(CNC(=O)C1CCCN(CCCc2ccc3c(n2)NCCC3)C1)C(=O)O. The lowest BCUT2D eigenvalue weighted by Crippen LogP contribution is -2.44. The van der Waals surface area contributed by atoms with E-state index in [1.807, 2.05) is 0 Å². The molecule has 1 aromatic heterocycles. The highest BCUT2D eigenvalue weighted by molar-refractivity contribution is 6.22. The van der Waals surface area contributed by atoms with Crippen molar-refractivity contribution in [2.45, 2.75) is 44.3 Å². The van der Waals surface area contributed by atoms with Crippen molar-refractivity contribution in [1.82, 2.24) is 15.2 Å². The number of carbonyl (C=O) groups excluding carboxylic acids is 1. The van der Waals surface area contributed by atoms with Crippen molar-refractivity contribution in [3.05, 3.63) is 23.4 Å². The van der Waals surface area contributed by atoms with Gasteiger partial charge in [-0.25, -0.2) is 4.98 Å². The number of carbonyl (C=O) groups is 2. The standard InChI is InChI=1S/C20H29BN4O3/c21-17(20(27)28)12-23-19(26)15-5-2-10-25(13-15)11-3-6-16-8-7-14-4-1-9-22-18(14)24-16/h7-8,15,17H,1-6,9-13H2,(H,22,24)(H,23,26)(H,27,28). The van der Waals surface area contributed by atoms with Crippen LogP contribution < -0.4 is 10.6 Å². The van der Waals surface area contributed by atoms with Gasteiger partial charge >= 0.3 is 0 Å². The van der Waals surface area contributed by atoms with Crippen molar-refractivity contribution in [3.63, 3.8) is 0 Å². The molecule has 1 aromatic rings. The van der Waals surface area contributed by atoms with Crippen molar-refractivity contribution in [3.8, 4) is 0 Å². The van der Waals surface area contributed by atoms with Gasteiger partial charge in [0, 0.05) is 31.1 Å². The number of amides is 1. The zero-order valence-electron chi connectivity index (χ0n) is 16.3. The van der Waals surface area contributed by atoms with E-state index >= 15 is 0 Å². The van der Waals surface area contributed by atoms with Crippen molar-refractivity contribution >= 4 is 25.5 Å². The molecule has 7 nitrogen and oxygen atoms in total. The van der Waals surface area contributed by atoms with Crippen molar-refractivity contribution in [1.29, 1.82) is 0 Å². The number of rotatable bonds is 8. The van der Waals surface area contributed by atoms with Crippen LogP contribution in [0.5, 0.6) is 0 Å². The van der Waals surface area contributed by atoms with E-state index in [0.29, 0.717) is 6.54 Å². The zero-order valence-corrected chi connectivity index (χ0v) is 16.3. The molecule has 2 aliphatic heterocycles. The molecular weight excluding hydrogens is 355 g/mol. The molecule has 0 aromatic carbocycles. The van der Waals surface area contributed by atoms with Crippen LogP contribution in [0.3, 0.4) is 0 Å². The van der Waals surface area contributed by atoms with Gasteiger partial charge in [-0.15, -0.1) is 0 Å². The summed E-state index contributed by atoms with van der Waals surface area (Å²) in [5, 5.41) is 14.9. The van der Waals surface area contributed by atoms with Crippen LogP contribution in [0.15, 0.2) is 12.1 Å². The number of aromatic nitrogens is 1. The van der Waals surface area contributed by atoms with Crippen molar-refractivity contribution < 1.29 is 14.7 Å². The fourth-order valence-corrected chi connectivity index (χ4v) is 3.91. The number of carboxylic acids is 1. The number of likely N-dealkylation sites (tertiary alicyclic amines) is 1. The Morgan fingerprint density at radius 2 is 2.25 bits per heavy atom. The first-order valence-electron chi connectivity index (χ1n) is 10.2. The van der Waals surface area contributed by atoms with E-state index < -0.39 is 11.8 Å². The Kier molecular flexibility index (Phi) is 7.31. The monoisotopic (exact) mass is 384 g/mol. The molecule has 28 heavy (non-hydrogen) atoms. The van der Waals surface area contributed by atoms with Gasteiger partial charge in [-0.1, -0.05) is 6.07 Å². The van der Waals surface area contributed by atoms with Gasteiger partial charge in [-0.3, -0.25) is 9.59 Å². The largest absolute Gasteiger partial charge is 0.482 e. The maximum Gasteiger partial charge on any atom is 0.299 e. The average molecular weight is 384 g/mol. The van der Waals surface area contributed by atoms with E-state index in [1.165, 1.54) is 12.0 Å². The van der Waals surface area contributed by atoms with Crippen LogP contribution in [0.1, 0.15) is 36.9 Å². The Balaban J connectivity index is 1.41. The zero-order chi connectivity index (χ0) is 19.9. The van der Waals surface area contributed by atoms with Crippen LogP contribution in [-0.2, 0) is 22.4 Å². The Labute approximate surface area is 167 Å². The molecule has 0 aliphatic carbocycles. The van der Waals surface area contributed by atoms with Crippen LogP contribution in [0.4, 0.5) is 5.82 Å². The summed E-state index contributed by atoms with van der Waals surface area (Å²) in [7, 11) is 5.45. The first-order chi connectivity index (χ1) is 13.5. The molecule has 2 radical (unpaired) electrons. The number of nitrogens with zero attached hydrogens (tertiary/aromatic N) is 2. The van der Waals surface area contributed by atoms with E-state index in [1.54, 1.807) is 0 Å². The van der Waals surface area contributed by atoms with Gasteiger partial charge in [-0.05, 0) is 63.2 Å². The second kappa shape index (κ2) is 9.91. The summed E-state index contributed by atoms with van der Waals surface area (Å²) in [5.74, 6) is -1.30. The second-order valence-corrected chi connectivity index (χ2v) is 7.77. The third-order valence-corrected chi connectivity index (χ3v) is 5.55. The Morgan fingerprint density at radius 1 is 1.39 bits per heavy atom. The molecular formula is C20H29BN4O3. The molecule has 3 rings (SSSR count). The number of carboxylic acid groups (broad SMARTS) is 1. The topological polar surface area (TPSA) is 94.6 Å². The number of fused-ring (bicyclic) bond motifs is 1. The summed E-state index contributed by atoms with van der Waals surface area (Å²) < 4.78 is 0. The van der Waals surface area contributed by atoms with Gasteiger partial charge < -0.3 is 20.6 Å². The molecule has 3 heterocycles. The number of anilines is 1. The smallest absolute Gasteiger partial charge is 0.299 e. The minimum Gasteiger partial charge on any atom is -0.482 e. The highest BCUT2D eigenvalue weighted by Crippen LogP contribution is 2.21. The predicted octanol–water partition coefficient (Wildman–Crippen LogP) is 1.24. The maximum atomic E-state index is 12.3. The van der Waals surface area contributed by atoms with E-state index in [2.05, 4.69) is 27.7 Å². The molecule has 1 amide bonds. The molecule has 1 fully saturated rings. The van der Waals surface area contributed by atoms with Crippen molar-refractivity contribution in [2.24, 2.45) is 5.92 Å². The van der Waals surface area contributed by atoms with Crippen LogP contribution >= 0.6 is 0 Å². The van der Waals surface area contributed by atoms with Crippen LogP contribution in [0, 0.1) is 5.92 Å².